The van der Waals surface area contributed by atoms with E-state index in [1.807, 2.05) is 20.8 Å². The first-order valence-electron chi connectivity index (χ1n) is 6.71. The highest BCUT2D eigenvalue weighted by atomic mass is 35.5. The van der Waals surface area contributed by atoms with Gasteiger partial charge in [-0.2, -0.15) is 4.98 Å². The summed E-state index contributed by atoms with van der Waals surface area (Å²) in [6.07, 6.45) is 3.98. The normalized spacial score (nSPS) is 17.6. The Hall–Kier alpha value is -1.14. The standard InChI is InChI=1S/C13H22N4O2.ClH/c1-12(2,3)11(18)15-8-9-16-10(17-19-9)13(14)6-4-5-7-13;/h4-8,14H2,1-3H3,(H,15,18);1H. The fourth-order valence-corrected chi connectivity index (χ4v) is 2.18. The van der Waals surface area contributed by atoms with Crippen LogP contribution in [-0.2, 0) is 16.9 Å². The number of rotatable bonds is 3. The molecule has 0 bridgehead atoms. The number of nitrogens with two attached hydrogens (primary N) is 1. The third kappa shape index (κ3) is 3.70. The highest BCUT2D eigenvalue weighted by molar-refractivity contribution is 5.85. The molecule has 1 aromatic rings. The van der Waals surface area contributed by atoms with E-state index in [9.17, 15) is 4.79 Å². The largest absolute Gasteiger partial charge is 0.347 e. The summed E-state index contributed by atoms with van der Waals surface area (Å²) in [5.41, 5.74) is 5.37. The van der Waals surface area contributed by atoms with Crippen molar-refractivity contribution in [3.63, 3.8) is 0 Å². The fraction of sp³-hybridized carbons (Fsp3) is 0.769. The van der Waals surface area contributed by atoms with E-state index in [-0.39, 0.29) is 24.9 Å². The predicted molar refractivity (Wildman–Crippen MR) is 77.2 cm³/mol. The van der Waals surface area contributed by atoms with Gasteiger partial charge in [-0.05, 0) is 12.8 Å². The van der Waals surface area contributed by atoms with Gasteiger partial charge in [-0.25, -0.2) is 0 Å². The van der Waals surface area contributed by atoms with Crippen molar-refractivity contribution in [2.75, 3.05) is 0 Å². The van der Waals surface area contributed by atoms with Crippen LogP contribution in [0.4, 0.5) is 0 Å². The van der Waals surface area contributed by atoms with Crippen molar-refractivity contribution >= 4 is 18.3 Å². The van der Waals surface area contributed by atoms with Crippen LogP contribution in [0.15, 0.2) is 4.52 Å². The van der Waals surface area contributed by atoms with E-state index >= 15 is 0 Å². The van der Waals surface area contributed by atoms with E-state index < -0.39 is 11.0 Å². The van der Waals surface area contributed by atoms with Gasteiger partial charge in [0.1, 0.15) is 0 Å². The van der Waals surface area contributed by atoms with E-state index in [0.717, 1.165) is 25.7 Å². The molecule has 1 amide bonds. The Morgan fingerprint density at radius 2 is 2.00 bits per heavy atom. The first kappa shape index (κ1) is 16.9. The van der Waals surface area contributed by atoms with E-state index in [1.165, 1.54) is 0 Å². The lowest BCUT2D eigenvalue weighted by Gasteiger charge is -2.18. The third-order valence-electron chi connectivity index (χ3n) is 3.49. The van der Waals surface area contributed by atoms with Crippen LogP contribution >= 0.6 is 12.4 Å². The molecule has 0 unspecified atom stereocenters. The quantitative estimate of drug-likeness (QED) is 0.889. The summed E-state index contributed by atoms with van der Waals surface area (Å²) in [5, 5.41) is 6.73. The van der Waals surface area contributed by atoms with Crippen LogP contribution < -0.4 is 11.1 Å². The van der Waals surface area contributed by atoms with Crippen LogP contribution in [-0.4, -0.2) is 16.0 Å². The summed E-state index contributed by atoms with van der Waals surface area (Å²) < 4.78 is 5.15. The van der Waals surface area contributed by atoms with Crippen LogP contribution in [0.2, 0.25) is 0 Å². The molecule has 2 rings (SSSR count). The Morgan fingerprint density at radius 1 is 1.40 bits per heavy atom. The molecule has 0 atom stereocenters. The average Bonchev–Trinajstić information content (AvgIpc) is 2.94. The molecule has 0 saturated heterocycles. The minimum absolute atomic E-state index is 0. The monoisotopic (exact) mass is 302 g/mol. The predicted octanol–water partition coefficient (Wildman–Crippen LogP) is 1.88. The molecule has 0 aliphatic heterocycles. The van der Waals surface area contributed by atoms with Gasteiger partial charge >= 0.3 is 0 Å². The van der Waals surface area contributed by atoms with E-state index in [0.29, 0.717) is 11.7 Å². The number of carbonyl (C=O) groups excluding carboxylic acids is 1. The Morgan fingerprint density at radius 3 is 2.55 bits per heavy atom. The number of amides is 1. The number of carbonyl (C=O) groups is 1. The first-order valence-corrected chi connectivity index (χ1v) is 6.71. The highest BCUT2D eigenvalue weighted by Gasteiger charge is 2.36. The molecule has 20 heavy (non-hydrogen) atoms. The lowest BCUT2D eigenvalue weighted by molar-refractivity contribution is -0.128. The van der Waals surface area contributed by atoms with Gasteiger partial charge in [-0.1, -0.05) is 38.8 Å². The van der Waals surface area contributed by atoms with Gasteiger partial charge in [0.15, 0.2) is 5.82 Å². The SMILES string of the molecule is CC(C)(C)C(=O)NCc1nc(C2(N)CCCC2)no1.Cl. The number of nitrogens with zero attached hydrogens (tertiary/aromatic N) is 2. The van der Waals surface area contributed by atoms with Crippen LogP contribution in [0, 0.1) is 5.41 Å². The minimum Gasteiger partial charge on any atom is -0.347 e. The van der Waals surface area contributed by atoms with Crippen molar-refractivity contribution < 1.29 is 9.32 Å². The third-order valence-corrected chi connectivity index (χ3v) is 3.49. The van der Waals surface area contributed by atoms with E-state index in [4.69, 9.17) is 10.3 Å². The zero-order valence-electron chi connectivity index (χ0n) is 12.2. The van der Waals surface area contributed by atoms with E-state index in [2.05, 4.69) is 15.5 Å². The van der Waals surface area contributed by atoms with Gasteiger partial charge in [0.2, 0.25) is 11.8 Å². The molecule has 1 aromatic heterocycles. The molecule has 1 aliphatic rings. The second-order valence-corrected chi connectivity index (χ2v) is 6.31. The van der Waals surface area contributed by atoms with Crippen LogP contribution in [0.25, 0.3) is 0 Å². The maximum absolute atomic E-state index is 11.7. The smallest absolute Gasteiger partial charge is 0.246 e. The Bertz CT molecular complexity index is 461. The second kappa shape index (κ2) is 6.10. The molecule has 0 radical (unpaired) electrons. The Kier molecular flexibility index (Phi) is 5.15. The van der Waals surface area contributed by atoms with Crippen molar-refractivity contribution in [1.29, 1.82) is 0 Å². The summed E-state index contributed by atoms with van der Waals surface area (Å²) in [4.78, 5) is 16.0. The van der Waals surface area contributed by atoms with Gasteiger partial charge in [-0.15, -0.1) is 12.4 Å². The molecular formula is C13H23ClN4O2. The average molecular weight is 303 g/mol. The van der Waals surface area contributed by atoms with Gasteiger partial charge < -0.3 is 15.6 Å². The topological polar surface area (TPSA) is 94.0 Å². The van der Waals surface area contributed by atoms with Crippen molar-refractivity contribution in [2.45, 2.75) is 58.5 Å². The van der Waals surface area contributed by atoms with Crippen molar-refractivity contribution in [3.8, 4) is 0 Å². The molecule has 114 valence electrons. The Balaban J connectivity index is 0.00000200. The van der Waals surface area contributed by atoms with Gasteiger partial charge in [0, 0.05) is 5.41 Å². The van der Waals surface area contributed by atoms with Crippen molar-refractivity contribution in [3.05, 3.63) is 11.7 Å². The second-order valence-electron chi connectivity index (χ2n) is 6.31. The highest BCUT2D eigenvalue weighted by Crippen LogP contribution is 2.34. The Labute approximate surface area is 125 Å². The van der Waals surface area contributed by atoms with Crippen molar-refractivity contribution in [2.24, 2.45) is 11.1 Å². The molecule has 1 aliphatic carbocycles. The molecule has 0 spiro atoms. The summed E-state index contributed by atoms with van der Waals surface area (Å²) in [7, 11) is 0. The number of halogens is 1. The zero-order chi connectivity index (χ0) is 14.1. The van der Waals surface area contributed by atoms with Gasteiger partial charge in [0.25, 0.3) is 0 Å². The lowest BCUT2D eigenvalue weighted by Crippen LogP contribution is -2.35. The molecule has 7 heteroatoms. The molecule has 6 nitrogen and oxygen atoms in total. The number of hydrogen-bond donors (Lipinski definition) is 2. The van der Waals surface area contributed by atoms with Crippen molar-refractivity contribution in [1.82, 2.24) is 15.5 Å². The van der Waals surface area contributed by atoms with Crippen LogP contribution in [0.3, 0.4) is 0 Å². The number of aromatic nitrogens is 2. The van der Waals surface area contributed by atoms with Gasteiger partial charge in [0.05, 0.1) is 12.1 Å². The first-order chi connectivity index (χ1) is 8.81. The summed E-state index contributed by atoms with van der Waals surface area (Å²) in [6.45, 7) is 5.82. The molecule has 1 heterocycles. The minimum atomic E-state index is -0.449. The summed E-state index contributed by atoms with van der Waals surface area (Å²) in [5.74, 6) is 0.921. The summed E-state index contributed by atoms with van der Waals surface area (Å²) >= 11 is 0. The van der Waals surface area contributed by atoms with Crippen LogP contribution in [0.1, 0.15) is 58.2 Å². The maximum Gasteiger partial charge on any atom is 0.246 e. The lowest BCUT2D eigenvalue weighted by atomic mass is 9.96. The zero-order valence-corrected chi connectivity index (χ0v) is 13.0. The van der Waals surface area contributed by atoms with E-state index in [1.54, 1.807) is 0 Å². The van der Waals surface area contributed by atoms with Crippen LogP contribution in [0.5, 0.6) is 0 Å². The molecule has 1 fully saturated rings. The summed E-state index contributed by atoms with van der Waals surface area (Å²) in [6, 6.07) is 0. The molecular weight excluding hydrogens is 280 g/mol. The fourth-order valence-electron chi connectivity index (χ4n) is 2.18. The number of nitrogens with one attached hydrogen (secondary N) is 1. The molecule has 3 N–H and O–H groups in total. The number of hydrogen-bond acceptors (Lipinski definition) is 5. The molecule has 0 aromatic carbocycles. The van der Waals surface area contributed by atoms with Gasteiger partial charge in [-0.3, -0.25) is 4.79 Å². The molecule has 1 saturated carbocycles. The maximum atomic E-state index is 11.7.